The first-order chi connectivity index (χ1) is 14.6. The highest BCUT2D eigenvalue weighted by atomic mass is 16.5. The van der Waals surface area contributed by atoms with Crippen molar-refractivity contribution in [2.24, 2.45) is 0 Å². The fourth-order valence-electron chi connectivity index (χ4n) is 3.63. The first-order valence-corrected chi connectivity index (χ1v) is 9.52. The van der Waals surface area contributed by atoms with Gasteiger partial charge >= 0.3 is 0 Å². The number of Topliss-reactive ketones (excluding diaryl/α,β-unsaturated/α-hetero) is 1. The maximum absolute atomic E-state index is 13.0. The SMILES string of the molecule is COc1ccc(C2C(C(=O)c3ccco3)=C(O)C(=O)N2CCCn2ccnc2)cc1. The molecule has 0 saturated heterocycles. The van der Waals surface area contributed by atoms with Crippen LogP contribution in [0.4, 0.5) is 0 Å². The molecule has 1 aliphatic rings. The van der Waals surface area contributed by atoms with Crippen molar-refractivity contribution in [3.63, 3.8) is 0 Å². The van der Waals surface area contributed by atoms with Crippen LogP contribution in [-0.4, -0.2) is 44.9 Å². The van der Waals surface area contributed by atoms with Gasteiger partial charge in [0.2, 0.25) is 5.78 Å². The molecule has 3 aromatic rings. The van der Waals surface area contributed by atoms with Crippen LogP contribution in [0.15, 0.2) is 77.1 Å². The zero-order chi connectivity index (χ0) is 21.1. The molecule has 1 unspecified atom stereocenters. The lowest BCUT2D eigenvalue weighted by atomic mass is 9.95. The summed E-state index contributed by atoms with van der Waals surface area (Å²) in [7, 11) is 1.56. The quantitative estimate of drug-likeness (QED) is 0.576. The van der Waals surface area contributed by atoms with Crippen molar-refractivity contribution in [2.45, 2.75) is 19.0 Å². The van der Waals surface area contributed by atoms with Gasteiger partial charge in [-0.05, 0) is 36.2 Å². The normalized spacial score (nSPS) is 16.4. The van der Waals surface area contributed by atoms with Gasteiger partial charge in [-0.1, -0.05) is 12.1 Å². The van der Waals surface area contributed by atoms with Gasteiger partial charge in [-0.2, -0.15) is 0 Å². The van der Waals surface area contributed by atoms with Gasteiger partial charge in [0.15, 0.2) is 11.5 Å². The van der Waals surface area contributed by atoms with Crippen LogP contribution in [0.1, 0.15) is 28.6 Å². The second-order valence-corrected chi connectivity index (χ2v) is 6.90. The number of ketones is 1. The van der Waals surface area contributed by atoms with Crippen LogP contribution in [0, 0.1) is 0 Å². The standard InChI is InChI=1S/C22H21N3O5/c1-29-16-7-5-15(6-8-16)19-18(20(26)17-4-2-13-30-17)21(27)22(28)25(19)11-3-10-24-12-9-23-14-24/h2,4-9,12-14,19,27H,3,10-11H2,1H3. The van der Waals surface area contributed by atoms with Crippen LogP contribution >= 0.6 is 0 Å². The molecule has 1 atom stereocenters. The Bertz CT molecular complexity index is 1050. The molecule has 3 heterocycles. The summed E-state index contributed by atoms with van der Waals surface area (Å²) >= 11 is 0. The van der Waals surface area contributed by atoms with Crippen molar-refractivity contribution in [3.05, 3.63) is 84.0 Å². The molecule has 4 rings (SSSR count). The fourth-order valence-corrected chi connectivity index (χ4v) is 3.63. The molecule has 154 valence electrons. The zero-order valence-corrected chi connectivity index (χ0v) is 16.4. The monoisotopic (exact) mass is 407 g/mol. The highest BCUT2D eigenvalue weighted by Gasteiger charge is 2.44. The second-order valence-electron chi connectivity index (χ2n) is 6.90. The molecule has 1 amide bonds. The number of hydrogen-bond donors (Lipinski definition) is 1. The minimum Gasteiger partial charge on any atom is -0.503 e. The predicted octanol–water partition coefficient (Wildman–Crippen LogP) is 3.15. The number of ether oxygens (including phenoxy) is 1. The topological polar surface area (TPSA) is 97.8 Å². The summed E-state index contributed by atoms with van der Waals surface area (Å²) in [4.78, 5) is 31.5. The van der Waals surface area contributed by atoms with E-state index < -0.39 is 23.5 Å². The van der Waals surface area contributed by atoms with E-state index in [0.29, 0.717) is 30.8 Å². The lowest BCUT2D eigenvalue weighted by Gasteiger charge is -2.27. The van der Waals surface area contributed by atoms with Gasteiger partial charge in [0.05, 0.1) is 31.3 Å². The number of carbonyl (C=O) groups is 2. The van der Waals surface area contributed by atoms with Gasteiger partial charge in [-0.25, -0.2) is 4.98 Å². The number of amides is 1. The molecule has 0 spiro atoms. The summed E-state index contributed by atoms with van der Waals surface area (Å²) in [6.07, 6.45) is 7.24. The summed E-state index contributed by atoms with van der Waals surface area (Å²) in [5.41, 5.74) is 0.716. The Balaban J connectivity index is 1.66. The third-order valence-electron chi connectivity index (χ3n) is 5.10. The van der Waals surface area contributed by atoms with Crippen molar-refractivity contribution in [2.75, 3.05) is 13.7 Å². The molecule has 1 N–H and O–H groups in total. The van der Waals surface area contributed by atoms with E-state index in [9.17, 15) is 14.7 Å². The fraction of sp³-hybridized carbons (Fsp3) is 0.227. The third-order valence-corrected chi connectivity index (χ3v) is 5.10. The number of methoxy groups -OCH3 is 1. The zero-order valence-electron chi connectivity index (χ0n) is 16.4. The van der Waals surface area contributed by atoms with Crippen molar-refractivity contribution >= 4 is 11.7 Å². The summed E-state index contributed by atoms with van der Waals surface area (Å²) < 4.78 is 12.3. The Hall–Kier alpha value is -3.81. The molecule has 1 aliphatic heterocycles. The van der Waals surface area contributed by atoms with Crippen molar-refractivity contribution in [1.82, 2.24) is 14.5 Å². The molecule has 30 heavy (non-hydrogen) atoms. The Morgan fingerprint density at radius 2 is 2.03 bits per heavy atom. The minimum atomic E-state index is -0.719. The Morgan fingerprint density at radius 3 is 2.67 bits per heavy atom. The van der Waals surface area contributed by atoms with Crippen LogP contribution in [-0.2, 0) is 11.3 Å². The molecule has 0 bridgehead atoms. The Morgan fingerprint density at radius 1 is 1.23 bits per heavy atom. The van der Waals surface area contributed by atoms with E-state index in [1.54, 1.807) is 50.0 Å². The number of furan rings is 1. The second kappa shape index (κ2) is 8.28. The highest BCUT2D eigenvalue weighted by Crippen LogP contribution is 2.39. The molecule has 2 aromatic heterocycles. The molecule has 8 nitrogen and oxygen atoms in total. The minimum absolute atomic E-state index is 0.0164. The van der Waals surface area contributed by atoms with E-state index in [2.05, 4.69) is 4.98 Å². The number of benzene rings is 1. The van der Waals surface area contributed by atoms with Gasteiger partial charge in [0.25, 0.3) is 5.91 Å². The van der Waals surface area contributed by atoms with Gasteiger partial charge in [-0.3, -0.25) is 9.59 Å². The maximum Gasteiger partial charge on any atom is 0.290 e. The third kappa shape index (κ3) is 3.59. The lowest BCUT2D eigenvalue weighted by molar-refractivity contribution is -0.129. The molecule has 0 fully saturated rings. The Labute approximate surface area is 173 Å². The van der Waals surface area contributed by atoms with E-state index >= 15 is 0 Å². The van der Waals surface area contributed by atoms with Crippen LogP contribution in [0.3, 0.4) is 0 Å². The number of nitrogens with zero attached hydrogens (tertiary/aromatic N) is 3. The average molecular weight is 407 g/mol. The lowest BCUT2D eigenvalue weighted by Crippen LogP contribution is -2.32. The summed E-state index contributed by atoms with van der Waals surface area (Å²) in [5.74, 6) is -0.898. The molecule has 0 saturated carbocycles. The number of aliphatic hydroxyl groups excluding tert-OH is 1. The number of rotatable bonds is 8. The number of aromatic nitrogens is 2. The number of carbonyl (C=O) groups excluding carboxylic acids is 2. The van der Waals surface area contributed by atoms with E-state index in [1.807, 2.05) is 10.8 Å². The molecule has 0 radical (unpaired) electrons. The van der Waals surface area contributed by atoms with E-state index in [4.69, 9.17) is 9.15 Å². The van der Waals surface area contributed by atoms with Gasteiger partial charge < -0.3 is 23.7 Å². The first-order valence-electron chi connectivity index (χ1n) is 9.52. The highest BCUT2D eigenvalue weighted by molar-refractivity contribution is 6.15. The summed E-state index contributed by atoms with van der Waals surface area (Å²) in [6.45, 7) is 1.01. The number of aryl methyl sites for hydroxylation is 1. The van der Waals surface area contributed by atoms with Gasteiger partial charge in [-0.15, -0.1) is 0 Å². The van der Waals surface area contributed by atoms with Crippen molar-refractivity contribution in [3.8, 4) is 5.75 Å². The van der Waals surface area contributed by atoms with Crippen LogP contribution in [0.5, 0.6) is 5.75 Å². The molecular weight excluding hydrogens is 386 g/mol. The number of aliphatic hydroxyl groups is 1. The largest absolute Gasteiger partial charge is 0.503 e. The van der Waals surface area contributed by atoms with E-state index in [0.717, 1.165) is 0 Å². The van der Waals surface area contributed by atoms with Crippen LogP contribution in [0.25, 0.3) is 0 Å². The summed E-state index contributed by atoms with van der Waals surface area (Å²) in [6, 6.07) is 9.47. The molecular formula is C22H21N3O5. The molecule has 1 aromatic carbocycles. The van der Waals surface area contributed by atoms with E-state index in [1.165, 1.54) is 17.2 Å². The summed E-state index contributed by atoms with van der Waals surface area (Å²) in [5, 5.41) is 10.6. The predicted molar refractivity (Wildman–Crippen MR) is 107 cm³/mol. The number of imidazole rings is 1. The number of hydrogen-bond acceptors (Lipinski definition) is 6. The van der Waals surface area contributed by atoms with Crippen LogP contribution < -0.4 is 4.74 Å². The molecule has 0 aliphatic carbocycles. The maximum atomic E-state index is 13.0. The first kappa shape index (κ1) is 19.5. The van der Waals surface area contributed by atoms with Gasteiger partial charge in [0.1, 0.15) is 5.75 Å². The smallest absolute Gasteiger partial charge is 0.290 e. The Kier molecular flexibility index (Phi) is 5.38. The average Bonchev–Trinajstić information content (AvgIpc) is 3.52. The van der Waals surface area contributed by atoms with Crippen molar-refractivity contribution < 1.29 is 23.8 Å². The van der Waals surface area contributed by atoms with Crippen LogP contribution in [0.2, 0.25) is 0 Å². The van der Waals surface area contributed by atoms with Gasteiger partial charge in [0, 0.05) is 25.5 Å². The van der Waals surface area contributed by atoms with E-state index in [-0.39, 0.29) is 11.3 Å². The molecule has 8 heteroatoms. The van der Waals surface area contributed by atoms with Crippen molar-refractivity contribution in [1.29, 1.82) is 0 Å².